The van der Waals surface area contributed by atoms with Crippen LogP contribution in [-0.2, 0) is 10.3 Å². The fourth-order valence-electron chi connectivity index (χ4n) is 3.73. The maximum Gasteiger partial charge on any atom is 0.248 e. The molecule has 1 aromatic rings. The molecule has 1 saturated carbocycles. The van der Waals surface area contributed by atoms with Crippen LogP contribution in [0.25, 0.3) is 0 Å². The molecule has 3 rings (SSSR count). The summed E-state index contributed by atoms with van der Waals surface area (Å²) < 4.78 is 1.88. The molecule has 2 heterocycles. The normalized spacial score (nSPS) is 26.5. The van der Waals surface area contributed by atoms with Gasteiger partial charge in [0.25, 0.3) is 0 Å². The molecule has 2 atom stereocenters. The Balaban J connectivity index is 0.00000192. The fourth-order valence-corrected chi connectivity index (χ4v) is 4.93. The van der Waals surface area contributed by atoms with Gasteiger partial charge >= 0.3 is 0 Å². The Morgan fingerprint density at radius 1 is 1.43 bits per heavy atom. The zero-order valence-electron chi connectivity index (χ0n) is 13.7. The number of halogens is 1. The number of amides is 1. The standard InChI is InChI=1S/C16H26N4OS.ClH/c1-2-22-14-6-3-5-13(14)19-15(21)16(7-10-17-11-8-16)20-12-4-9-18-20;/h4,9,12-14,17H,2-3,5-8,10-11H2,1H3,(H,19,21);1H. The van der Waals surface area contributed by atoms with Gasteiger partial charge in [0.2, 0.25) is 5.91 Å². The molecule has 2 N–H and O–H groups in total. The highest BCUT2D eigenvalue weighted by atomic mass is 35.5. The summed E-state index contributed by atoms with van der Waals surface area (Å²) in [6.07, 6.45) is 8.85. The van der Waals surface area contributed by atoms with Crippen LogP contribution in [0.1, 0.15) is 39.0 Å². The number of hydrogen-bond acceptors (Lipinski definition) is 4. The largest absolute Gasteiger partial charge is 0.350 e. The molecule has 0 radical (unpaired) electrons. The SMILES string of the molecule is CCSC1CCCC1NC(=O)C1(n2cccn2)CCNCC1.Cl. The van der Waals surface area contributed by atoms with E-state index in [-0.39, 0.29) is 18.3 Å². The number of carbonyl (C=O) groups is 1. The average molecular weight is 359 g/mol. The highest BCUT2D eigenvalue weighted by Gasteiger charge is 2.43. The van der Waals surface area contributed by atoms with E-state index in [2.05, 4.69) is 22.7 Å². The number of rotatable bonds is 5. The van der Waals surface area contributed by atoms with Crippen molar-refractivity contribution in [3.8, 4) is 0 Å². The van der Waals surface area contributed by atoms with Crippen LogP contribution in [0.15, 0.2) is 18.5 Å². The number of piperidine rings is 1. The van der Waals surface area contributed by atoms with Crippen LogP contribution in [0.4, 0.5) is 0 Å². The van der Waals surface area contributed by atoms with Crippen molar-refractivity contribution in [1.82, 2.24) is 20.4 Å². The van der Waals surface area contributed by atoms with Crippen LogP contribution in [0.3, 0.4) is 0 Å². The Kier molecular flexibility index (Phi) is 6.80. The Labute approximate surface area is 148 Å². The maximum absolute atomic E-state index is 13.1. The fraction of sp³-hybridized carbons (Fsp3) is 0.750. The molecule has 23 heavy (non-hydrogen) atoms. The number of hydrogen-bond donors (Lipinski definition) is 2. The molecule has 7 heteroatoms. The number of thioether (sulfide) groups is 1. The van der Waals surface area contributed by atoms with Crippen LogP contribution < -0.4 is 10.6 Å². The van der Waals surface area contributed by atoms with Gasteiger partial charge in [-0.15, -0.1) is 12.4 Å². The molecule has 0 spiro atoms. The summed E-state index contributed by atoms with van der Waals surface area (Å²) in [7, 11) is 0. The van der Waals surface area contributed by atoms with E-state index in [1.807, 2.05) is 28.7 Å². The molecule has 1 aliphatic heterocycles. The summed E-state index contributed by atoms with van der Waals surface area (Å²) >= 11 is 1.98. The first-order chi connectivity index (χ1) is 10.8. The van der Waals surface area contributed by atoms with Crippen LogP contribution in [0, 0.1) is 0 Å². The van der Waals surface area contributed by atoms with Gasteiger partial charge in [0.05, 0.1) is 0 Å². The molecule has 1 aliphatic carbocycles. The lowest BCUT2D eigenvalue weighted by atomic mass is 9.87. The van der Waals surface area contributed by atoms with E-state index in [1.165, 1.54) is 12.8 Å². The molecule has 2 aliphatic rings. The Morgan fingerprint density at radius 2 is 2.22 bits per heavy atom. The summed E-state index contributed by atoms with van der Waals surface area (Å²) in [5, 5.41) is 11.7. The first-order valence-corrected chi connectivity index (χ1v) is 9.44. The molecule has 0 bridgehead atoms. The second kappa shape index (κ2) is 8.40. The van der Waals surface area contributed by atoms with Gasteiger partial charge in [0.15, 0.2) is 0 Å². The van der Waals surface area contributed by atoms with Crippen LogP contribution in [0.2, 0.25) is 0 Å². The Hall–Kier alpha value is -0.720. The molecule has 2 unspecified atom stereocenters. The lowest BCUT2D eigenvalue weighted by Gasteiger charge is -2.37. The Bertz CT molecular complexity index is 490. The zero-order valence-corrected chi connectivity index (χ0v) is 15.3. The van der Waals surface area contributed by atoms with Gasteiger partial charge in [-0.05, 0) is 50.6 Å². The van der Waals surface area contributed by atoms with Crippen molar-refractivity contribution < 1.29 is 4.79 Å². The molecule has 130 valence electrons. The molecule has 2 fully saturated rings. The van der Waals surface area contributed by atoms with Crippen molar-refractivity contribution in [2.75, 3.05) is 18.8 Å². The van der Waals surface area contributed by atoms with Gasteiger partial charge in [-0.3, -0.25) is 9.48 Å². The van der Waals surface area contributed by atoms with Crippen LogP contribution in [-0.4, -0.2) is 45.8 Å². The van der Waals surface area contributed by atoms with Gasteiger partial charge in [0, 0.05) is 23.7 Å². The smallest absolute Gasteiger partial charge is 0.248 e. The summed E-state index contributed by atoms with van der Waals surface area (Å²) in [6.45, 7) is 3.93. The Morgan fingerprint density at radius 3 is 2.87 bits per heavy atom. The van der Waals surface area contributed by atoms with E-state index in [9.17, 15) is 4.79 Å². The van der Waals surface area contributed by atoms with Gasteiger partial charge in [-0.1, -0.05) is 13.3 Å². The second-order valence-electron chi connectivity index (χ2n) is 6.24. The third-order valence-corrected chi connectivity index (χ3v) is 6.27. The summed E-state index contributed by atoms with van der Waals surface area (Å²) in [6, 6.07) is 2.22. The van der Waals surface area contributed by atoms with Crippen LogP contribution >= 0.6 is 24.2 Å². The van der Waals surface area contributed by atoms with E-state index in [0.29, 0.717) is 11.3 Å². The minimum atomic E-state index is -0.515. The highest BCUT2D eigenvalue weighted by molar-refractivity contribution is 7.99. The first-order valence-electron chi connectivity index (χ1n) is 8.39. The van der Waals surface area contributed by atoms with Gasteiger partial charge in [0.1, 0.15) is 5.54 Å². The van der Waals surface area contributed by atoms with E-state index in [0.717, 1.165) is 38.1 Å². The molecule has 1 saturated heterocycles. The first kappa shape index (κ1) is 18.6. The van der Waals surface area contributed by atoms with Gasteiger partial charge in [-0.2, -0.15) is 16.9 Å². The summed E-state index contributed by atoms with van der Waals surface area (Å²) in [5.41, 5.74) is -0.515. The van der Waals surface area contributed by atoms with Gasteiger partial charge < -0.3 is 10.6 Å². The highest BCUT2D eigenvalue weighted by Crippen LogP contribution is 2.32. The monoisotopic (exact) mass is 358 g/mol. The van der Waals surface area contributed by atoms with Crippen molar-refractivity contribution in [3.63, 3.8) is 0 Å². The predicted molar refractivity (Wildman–Crippen MR) is 97.3 cm³/mol. The molecule has 1 aromatic heterocycles. The van der Waals surface area contributed by atoms with Crippen LogP contribution in [0.5, 0.6) is 0 Å². The number of nitrogens with zero attached hydrogens (tertiary/aromatic N) is 2. The number of nitrogens with one attached hydrogen (secondary N) is 2. The summed E-state index contributed by atoms with van der Waals surface area (Å²) in [4.78, 5) is 13.1. The minimum absolute atomic E-state index is 0. The predicted octanol–water partition coefficient (Wildman–Crippen LogP) is 2.17. The average Bonchev–Trinajstić information content (AvgIpc) is 3.21. The number of carbonyl (C=O) groups excluding carboxylic acids is 1. The van der Waals surface area contributed by atoms with Gasteiger partial charge in [-0.25, -0.2) is 0 Å². The van der Waals surface area contributed by atoms with Crippen molar-refractivity contribution in [3.05, 3.63) is 18.5 Å². The topological polar surface area (TPSA) is 59.0 Å². The maximum atomic E-state index is 13.1. The molecule has 1 amide bonds. The van der Waals surface area contributed by atoms with E-state index in [4.69, 9.17) is 0 Å². The van der Waals surface area contributed by atoms with Crippen molar-refractivity contribution in [2.24, 2.45) is 0 Å². The van der Waals surface area contributed by atoms with E-state index in [1.54, 1.807) is 6.20 Å². The second-order valence-corrected chi connectivity index (χ2v) is 7.75. The number of aromatic nitrogens is 2. The summed E-state index contributed by atoms with van der Waals surface area (Å²) in [5.74, 6) is 1.27. The quantitative estimate of drug-likeness (QED) is 0.847. The third-order valence-electron chi connectivity index (χ3n) is 4.95. The molecular formula is C16H27ClN4OS. The minimum Gasteiger partial charge on any atom is -0.350 e. The van der Waals surface area contributed by atoms with E-state index < -0.39 is 5.54 Å². The molecule has 5 nitrogen and oxygen atoms in total. The molecule has 0 aromatic carbocycles. The zero-order chi connectivity index (χ0) is 15.4. The lowest BCUT2D eigenvalue weighted by molar-refractivity contribution is -0.132. The van der Waals surface area contributed by atoms with Crippen molar-refractivity contribution >= 4 is 30.1 Å². The van der Waals surface area contributed by atoms with E-state index >= 15 is 0 Å². The van der Waals surface area contributed by atoms with Crippen molar-refractivity contribution in [2.45, 2.75) is 55.9 Å². The lowest BCUT2D eigenvalue weighted by Crippen LogP contribution is -2.57. The van der Waals surface area contributed by atoms with Crippen molar-refractivity contribution in [1.29, 1.82) is 0 Å². The third kappa shape index (κ3) is 3.86. The molecular weight excluding hydrogens is 332 g/mol.